The van der Waals surface area contributed by atoms with Crippen LogP contribution in [0.5, 0.6) is 0 Å². The molecular formula is C38H41N11O4. The fourth-order valence-corrected chi connectivity index (χ4v) is 7.40. The third kappa shape index (κ3) is 7.07. The number of hydrogen-bond acceptors (Lipinski definition) is 9. The molecule has 53 heavy (non-hydrogen) atoms. The molecule has 3 aliphatic heterocycles. The van der Waals surface area contributed by atoms with Crippen LogP contribution in [0.2, 0.25) is 0 Å². The first-order chi connectivity index (χ1) is 25.7. The standard InChI is InChI=1S/C38H41N11O4/c1-24-18-40-37(52)33-17-26-5-10-32(43-35(26)49(24)33)36(51)42-28-19-41-47(23-28)21-25-3-7-30(8-4-25)46-14-11-29(12-15-46)45(2)22-27-6-9-31(20-39-27)48-16-13-34(50)44-38(48)53/h3-10,17,19-20,23-24,29H,11-16,18,21-22H2,1-2H3,(H,40,52)(H,42,51)(H,44,50,53)/t24-/m1/s1. The van der Waals surface area contributed by atoms with Crippen LogP contribution in [0.1, 0.15) is 64.5 Å². The van der Waals surface area contributed by atoms with Crippen molar-refractivity contribution in [2.45, 2.75) is 51.4 Å². The summed E-state index contributed by atoms with van der Waals surface area (Å²) in [5.41, 5.74) is 5.92. The number of urea groups is 1. The van der Waals surface area contributed by atoms with E-state index in [1.165, 1.54) is 5.69 Å². The summed E-state index contributed by atoms with van der Waals surface area (Å²) in [4.78, 5) is 64.6. The molecule has 5 amide bonds. The van der Waals surface area contributed by atoms with Gasteiger partial charge in [-0.15, -0.1) is 0 Å². The van der Waals surface area contributed by atoms with E-state index in [2.05, 4.69) is 72.1 Å². The molecule has 3 aliphatic rings. The fourth-order valence-electron chi connectivity index (χ4n) is 7.40. The lowest BCUT2D eigenvalue weighted by Crippen LogP contribution is -2.49. The third-order valence-corrected chi connectivity index (χ3v) is 10.4. The average molecular weight is 716 g/mol. The number of carbonyl (C=O) groups is 4. The van der Waals surface area contributed by atoms with Gasteiger partial charge in [0.25, 0.3) is 11.8 Å². The molecule has 4 aromatic heterocycles. The molecule has 7 heterocycles. The highest BCUT2D eigenvalue weighted by molar-refractivity contribution is 6.06. The van der Waals surface area contributed by atoms with Gasteiger partial charge in [0.05, 0.1) is 42.0 Å². The predicted molar refractivity (Wildman–Crippen MR) is 199 cm³/mol. The molecule has 0 unspecified atom stereocenters. The number of piperidine rings is 1. The molecule has 2 fully saturated rings. The molecule has 0 radical (unpaired) electrons. The summed E-state index contributed by atoms with van der Waals surface area (Å²) in [6.07, 6.45) is 7.49. The van der Waals surface area contributed by atoms with Gasteiger partial charge in [0.1, 0.15) is 17.0 Å². The number of imide groups is 1. The number of nitrogens with zero attached hydrogens (tertiary/aromatic N) is 8. The maximum Gasteiger partial charge on any atom is 0.328 e. The minimum absolute atomic E-state index is 0.0348. The minimum atomic E-state index is -0.405. The Balaban J connectivity index is 0.816. The smallest absolute Gasteiger partial charge is 0.328 e. The van der Waals surface area contributed by atoms with Gasteiger partial charge in [-0.2, -0.15) is 5.10 Å². The van der Waals surface area contributed by atoms with E-state index in [0.717, 1.165) is 42.6 Å². The molecule has 8 rings (SSSR count). The fraction of sp³-hybridized carbons (Fsp3) is 0.342. The highest BCUT2D eigenvalue weighted by atomic mass is 16.2. The number of anilines is 3. The van der Waals surface area contributed by atoms with Gasteiger partial charge in [-0.05, 0) is 74.8 Å². The second kappa shape index (κ2) is 14.1. The highest BCUT2D eigenvalue weighted by Crippen LogP contribution is 2.27. The van der Waals surface area contributed by atoms with Gasteiger partial charge < -0.3 is 20.1 Å². The van der Waals surface area contributed by atoms with Crippen LogP contribution in [0, 0.1) is 0 Å². The normalized spacial score (nSPS) is 17.9. The first-order valence-electron chi connectivity index (χ1n) is 17.9. The van der Waals surface area contributed by atoms with Crippen LogP contribution in [-0.4, -0.2) is 92.2 Å². The number of amides is 5. The molecule has 1 aromatic carbocycles. The van der Waals surface area contributed by atoms with E-state index in [-0.39, 0.29) is 35.9 Å². The second-order valence-corrected chi connectivity index (χ2v) is 14.0. The molecule has 15 nitrogen and oxygen atoms in total. The largest absolute Gasteiger partial charge is 0.371 e. The van der Waals surface area contributed by atoms with Crippen molar-refractivity contribution in [3.8, 4) is 0 Å². The first-order valence-corrected chi connectivity index (χ1v) is 17.9. The summed E-state index contributed by atoms with van der Waals surface area (Å²) in [7, 11) is 2.13. The van der Waals surface area contributed by atoms with Crippen molar-refractivity contribution in [1.29, 1.82) is 0 Å². The summed E-state index contributed by atoms with van der Waals surface area (Å²) in [5.74, 6) is -0.730. The maximum atomic E-state index is 13.1. The van der Waals surface area contributed by atoms with Crippen molar-refractivity contribution >= 4 is 51.8 Å². The Labute approximate surface area is 306 Å². The lowest BCUT2D eigenvalue weighted by molar-refractivity contribution is -0.120. The van der Waals surface area contributed by atoms with Gasteiger partial charge in [0.2, 0.25) is 5.91 Å². The van der Waals surface area contributed by atoms with Crippen molar-refractivity contribution in [1.82, 2.24) is 39.8 Å². The van der Waals surface area contributed by atoms with E-state index < -0.39 is 6.03 Å². The topological polar surface area (TPSA) is 163 Å². The summed E-state index contributed by atoms with van der Waals surface area (Å²) >= 11 is 0. The minimum Gasteiger partial charge on any atom is -0.371 e. The SMILES string of the molecule is C[C@@H]1CNC(=O)c2cc3ccc(C(=O)Nc4cnn(Cc5ccc(N6CCC(N(C)Cc7ccc(N8CCC(=O)NC8=O)cn7)CC6)cc5)c4)nc3n21. The zero-order chi connectivity index (χ0) is 36.6. The van der Waals surface area contributed by atoms with Crippen LogP contribution in [0.25, 0.3) is 11.0 Å². The van der Waals surface area contributed by atoms with Gasteiger partial charge >= 0.3 is 6.03 Å². The summed E-state index contributed by atoms with van der Waals surface area (Å²) in [6, 6.07) is 17.7. The number of benzene rings is 1. The van der Waals surface area contributed by atoms with E-state index in [0.29, 0.717) is 54.9 Å². The number of pyridine rings is 2. The van der Waals surface area contributed by atoms with E-state index in [9.17, 15) is 19.2 Å². The van der Waals surface area contributed by atoms with Crippen molar-refractivity contribution in [3.05, 3.63) is 95.8 Å². The Bertz CT molecular complexity index is 2190. The van der Waals surface area contributed by atoms with E-state index >= 15 is 0 Å². The van der Waals surface area contributed by atoms with Gasteiger partial charge in [-0.3, -0.25) is 39.2 Å². The van der Waals surface area contributed by atoms with E-state index in [1.54, 1.807) is 34.2 Å². The zero-order valence-corrected chi connectivity index (χ0v) is 29.7. The number of fused-ring (bicyclic) bond motifs is 3. The average Bonchev–Trinajstić information content (AvgIpc) is 3.78. The van der Waals surface area contributed by atoms with E-state index in [4.69, 9.17) is 0 Å². The Hall–Kier alpha value is -6.09. The molecule has 272 valence electrons. The second-order valence-electron chi connectivity index (χ2n) is 14.0. The first kappa shape index (κ1) is 34.0. The lowest BCUT2D eigenvalue weighted by atomic mass is 10.0. The Morgan fingerprint density at radius 3 is 2.53 bits per heavy atom. The number of nitrogens with one attached hydrogen (secondary N) is 3. The number of aromatic nitrogens is 5. The quantitative estimate of drug-likeness (QED) is 0.206. The Morgan fingerprint density at radius 1 is 0.981 bits per heavy atom. The molecule has 15 heteroatoms. The zero-order valence-electron chi connectivity index (χ0n) is 29.7. The van der Waals surface area contributed by atoms with Crippen molar-refractivity contribution in [2.24, 2.45) is 0 Å². The van der Waals surface area contributed by atoms with Crippen LogP contribution < -0.4 is 25.8 Å². The van der Waals surface area contributed by atoms with Crippen LogP contribution in [0.4, 0.5) is 21.9 Å². The summed E-state index contributed by atoms with van der Waals surface area (Å²) < 4.78 is 3.69. The highest BCUT2D eigenvalue weighted by Gasteiger charge is 2.27. The molecule has 0 saturated carbocycles. The Kier molecular flexibility index (Phi) is 9.08. The predicted octanol–water partition coefficient (Wildman–Crippen LogP) is 3.78. The molecule has 0 bridgehead atoms. The van der Waals surface area contributed by atoms with Gasteiger partial charge in [0.15, 0.2) is 0 Å². The van der Waals surface area contributed by atoms with Crippen molar-refractivity contribution in [3.63, 3.8) is 0 Å². The summed E-state index contributed by atoms with van der Waals surface area (Å²) in [6.45, 7) is 6.06. The van der Waals surface area contributed by atoms with Crippen LogP contribution in [-0.2, 0) is 17.9 Å². The monoisotopic (exact) mass is 715 g/mol. The van der Waals surface area contributed by atoms with Crippen molar-refractivity contribution in [2.75, 3.05) is 48.3 Å². The molecule has 3 N–H and O–H groups in total. The Morgan fingerprint density at radius 2 is 1.77 bits per heavy atom. The molecular weight excluding hydrogens is 674 g/mol. The molecule has 1 atom stereocenters. The van der Waals surface area contributed by atoms with Gasteiger partial charge in [-0.1, -0.05) is 12.1 Å². The molecule has 2 saturated heterocycles. The molecule has 5 aromatic rings. The van der Waals surface area contributed by atoms with Crippen LogP contribution in [0.3, 0.4) is 0 Å². The lowest BCUT2D eigenvalue weighted by Gasteiger charge is -2.38. The third-order valence-electron chi connectivity index (χ3n) is 10.4. The number of carbonyl (C=O) groups excluding carboxylic acids is 4. The molecule has 0 spiro atoms. The maximum absolute atomic E-state index is 13.1. The van der Waals surface area contributed by atoms with Gasteiger partial charge in [-0.25, -0.2) is 9.78 Å². The van der Waals surface area contributed by atoms with Crippen molar-refractivity contribution < 1.29 is 19.2 Å². The van der Waals surface area contributed by atoms with Crippen LogP contribution >= 0.6 is 0 Å². The van der Waals surface area contributed by atoms with Crippen LogP contribution in [0.15, 0.2) is 73.2 Å². The van der Waals surface area contributed by atoms with E-state index in [1.807, 2.05) is 35.8 Å². The summed E-state index contributed by atoms with van der Waals surface area (Å²) in [5, 5.41) is 13.4. The number of hydrogen-bond donors (Lipinski definition) is 3. The van der Waals surface area contributed by atoms with Gasteiger partial charge in [0, 0.05) is 62.5 Å². The molecule has 0 aliphatic carbocycles. The number of rotatable bonds is 9.